The molecule has 2 rings (SSSR count). The summed E-state index contributed by atoms with van der Waals surface area (Å²) in [5.74, 6) is 0.818. The molecule has 1 aromatic carbocycles. The smallest absolute Gasteiger partial charge is 0.107 e. The Morgan fingerprint density at radius 1 is 1.12 bits per heavy atom. The average molecular weight is 216 g/mol. The maximum Gasteiger partial charge on any atom is 0.107 e. The van der Waals surface area contributed by atoms with Crippen LogP contribution in [0.4, 0.5) is 0 Å². The van der Waals surface area contributed by atoms with Crippen LogP contribution < -0.4 is 0 Å². The van der Waals surface area contributed by atoms with E-state index in [0.29, 0.717) is 0 Å². The molecule has 0 aliphatic rings. The summed E-state index contributed by atoms with van der Waals surface area (Å²) in [5.41, 5.74) is 4.05. The lowest BCUT2D eigenvalue weighted by molar-refractivity contribution is 0.218. The van der Waals surface area contributed by atoms with Crippen LogP contribution in [0.25, 0.3) is 0 Å². The monoisotopic (exact) mass is 216 g/mol. The van der Waals surface area contributed by atoms with Crippen LogP contribution in [0.2, 0.25) is 0 Å². The predicted octanol–water partition coefficient (Wildman–Crippen LogP) is 3.29. The second kappa shape index (κ2) is 4.14. The normalized spacial score (nSPS) is 12.8. The standard InChI is InChI=1S/C14H16O2/c1-9-4-5-13(10(2)6-9)14(15)12-7-11(3)16-8-12/h4-8,14-15H,1-3H3. The zero-order valence-corrected chi connectivity index (χ0v) is 9.82. The number of aliphatic hydroxyl groups is 1. The van der Waals surface area contributed by atoms with E-state index >= 15 is 0 Å². The summed E-state index contributed by atoms with van der Waals surface area (Å²) in [5, 5.41) is 10.2. The molecule has 2 aromatic rings. The Morgan fingerprint density at radius 2 is 1.88 bits per heavy atom. The van der Waals surface area contributed by atoms with Crippen molar-refractivity contribution < 1.29 is 9.52 Å². The molecule has 0 fully saturated rings. The van der Waals surface area contributed by atoms with Crippen molar-refractivity contribution in [1.29, 1.82) is 0 Å². The second-order valence-electron chi connectivity index (χ2n) is 4.25. The zero-order valence-electron chi connectivity index (χ0n) is 9.82. The van der Waals surface area contributed by atoms with Crippen molar-refractivity contribution in [2.24, 2.45) is 0 Å². The van der Waals surface area contributed by atoms with Crippen molar-refractivity contribution in [2.45, 2.75) is 26.9 Å². The molecular formula is C14H16O2. The van der Waals surface area contributed by atoms with Crippen LogP contribution >= 0.6 is 0 Å². The highest BCUT2D eigenvalue weighted by molar-refractivity contribution is 5.36. The molecule has 1 aromatic heterocycles. The molecule has 1 N–H and O–H groups in total. The van der Waals surface area contributed by atoms with Crippen LogP contribution in [0.5, 0.6) is 0 Å². The third-order valence-electron chi connectivity index (χ3n) is 2.79. The van der Waals surface area contributed by atoms with Crippen molar-refractivity contribution >= 4 is 0 Å². The fraction of sp³-hybridized carbons (Fsp3) is 0.286. The van der Waals surface area contributed by atoms with Crippen LogP contribution in [-0.4, -0.2) is 5.11 Å². The molecule has 2 nitrogen and oxygen atoms in total. The highest BCUT2D eigenvalue weighted by Gasteiger charge is 2.14. The van der Waals surface area contributed by atoms with Gasteiger partial charge in [0.15, 0.2) is 0 Å². The Kier molecular flexibility index (Phi) is 2.84. The molecule has 0 saturated carbocycles. The highest BCUT2D eigenvalue weighted by atomic mass is 16.3. The van der Waals surface area contributed by atoms with E-state index in [1.807, 2.05) is 39.0 Å². The first-order valence-electron chi connectivity index (χ1n) is 5.38. The van der Waals surface area contributed by atoms with E-state index in [4.69, 9.17) is 4.42 Å². The summed E-state index contributed by atoms with van der Waals surface area (Å²) < 4.78 is 5.21. The Labute approximate surface area is 95.5 Å². The summed E-state index contributed by atoms with van der Waals surface area (Å²) >= 11 is 0. The van der Waals surface area contributed by atoms with Gasteiger partial charge in [0.25, 0.3) is 0 Å². The Morgan fingerprint density at radius 3 is 2.44 bits per heavy atom. The van der Waals surface area contributed by atoms with Gasteiger partial charge in [0, 0.05) is 5.56 Å². The Bertz CT molecular complexity index is 497. The van der Waals surface area contributed by atoms with Crippen molar-refractivity contribution in [3.05, 3.63) is 58.5 Å². The minimum absolute atomic E-state index is 0.599. The third kappa shape index (κ3) is 2.02. The number of hydrogen-bond acceptors (Lipinski definition) is 2. The zero-order chi connectivity index (χ0) is 11.7. The van der Waals surface area contributed by atoms with Crippen molar-refractivity contribution in [1.82, 2.24) is 0 Å². The van der Waals surface area contributed by atoms with Gasteiger partial charge in [-0.25, -0.2) is 0 Å². The fourth-order valence-corrected chi connectivity index (χ4v) is 1.92. The van der Waals surface area contributed by atoms with Crippen LogP contribution in [0.1, 0.15) is 34.1 Å². The number of aryl methyl sites for hydroxylation is 3. The van der Waals surface area contributed by atoms with Gasteiger partial charge in [-0.2, -0.15) is 0 Å². The molecule has 0 spiro atoms. The predicted molar refractivity (Wildman–Crippen MR) is 63.4 cm³/mol. The van der Waals surface area contributed by atoms with E-state index in [-0.39, 0.29) is 0 Å². The van der Waals surface area contributed by atoms with Crippen LogP contribution in [0.15, 0.2) is 34.9 Å². The van der Waals surface area contributed by atoms with Gasteiger partial charge in [-0.15, -0.1) is 0 Å². The molecule has 0 aliphatic heterocycles. The average Bonchev–Trinajstić information content (AvgIpc) is 2.64. The second-order valence-corrected chi connectivity index (χ2v) is 4.25. The molecule has 0 aliphatic carbocycles. The van der Waals surface area contributed by atoms with Crippen LogP contribution in [0.3, 0.4) is 0 Å². The van der Waals surface area contributed by atoms with E-state index < -0.39 is 6.10 Å². The Balaban J connectivity index is 2.37. The molecule has 0 radical (unpaired) electrons. The lowest BCUT2D eigenvalue weighted by Crippen LogP contribution is -2.00. The van der Waals surface area contributed by atoms with E-state index in [9.17, 15) is 5.11 Å². The first kappa shape index (κ1) is 11.0. The maximum atomic E-state index is 10.2. The van der Waals surface area contributed by atoms with E-state index in [1.54, 1.807) is 6.26 Å². The van der Waals surface area contributed by atoms with E-state index in [1.165, 1.54) is 5.56 Å². The number of rotatable bonds is 2. The minimum Gasteiger partial charge on any atom is -0.469 e. The van der Waals surface area contributed by atoms with Crippen molar-refractivity contribution in [3.63, 3.8) is 0 Å². The number of furan rings is 1. The summed E-state index contributed by atoms with van der Waals surface area (Å²) in [6.07, 6.45) is 1.01. The topological polar surface area (TPSA) is 33.4 Å². The van der Waals surface area contributed by atoms with Gasteiger partial charge in [0.2, 0.25) is 0 Å². The van der Waals surface area contributed by atoms with E-state index in [0.717, 1.165) is 22.5 Å². The Hall–Kier alpha value is -1.54. The minimum atomic E-state index is -0.599. The number of aliphatic hydroxyl groups excluding tert-OH is 1. The molecule has 84 valence electrons. The molecule has 2 heteroatoms. The van der Waals surface area contributed by atoms with Gasteiger partial charge in [-0.05, 0) is 38.0 Å². The molecule has 1 atom stereocenters. The quantitative estimate of drug-likeness (QED) is 0.835. The van der Waals surface area contributed by atoms with E-state index in [2.05, 4.69) is 6.07 Å². The first-order valence-corrected chi connectivity index (χ1v) is 5.38. The fourth-order valence-electron chi connectivity index (χ4n) is 1.92. The number of benzene rings is 1. The van der Waals surface area contributed by atoms with Gasteiger partial charge >= 0.3 is 0 Å². The lowest BCUT2D eigenvalue weighted by Gasteiger charge is -2.12. The SMILES string of the molecule is Cc1ccc(C(O)c2coc(C)c2)c(C)c1. The van der Waals surface area contributed by atoms with Crippen molar-refractivity contribution in [2.75, 3.05) is 0 Å². The van der Waals surface area contributed by atoms with Gasteiger partial charge in [0.1, 0.15) is 11.9 Å². The van der Waals surface area contributed by atoms with Crippen LogP contribution in [-0.2, 0) is 0 Å². The largest absolute Gasteiger partial charge is 0.469 e. The third-order valence-corrected chi connectivity index (χ3v) is 2.79. The highest BCUT2D eigenvalue weighted by Crippen LogP contribution is 2.26. The molecule has 1 unspecified atom stereocenters. The van der Waals surface area contributed by atoms with Gasteiger partial charge in [-0.1, -0.05) is 23.8 Å². The lowest BCUT2D eigenvalue weighted by atomic mass is 9.97. The number of hydrogen-bond donors (Lipinski definition) is 1. The summed E-state index contributed by atoms with van der Waals surface area (Å²) in [6.45, 7) is 5.93. The molecule has 0 amide bonds. The molecule has 0 saturated heterocycles. The van der Waals surface area contributed by atoms with Gasteiger partial charge < -0.3 is 9.52 Å². The molecular weight excluding hydrogens is 200 g/mol. The maximum absolute atomic E-state index is 10.2. The summed E-state index contributed by atoms with van der Waals surface area (Å²) in [6, 6.07) is 7.92. The summed E-state index contributed by atoms with van der Waals surface area (Å²) in [4.78, 5) is 0. The summed E-state index contributed by atoms with van der Waals surface area (Å²) in [7, 11) is 0. The molecule has 0 bridgehead atoms. The molecule has 1 heterocycles. The van der Waals surface area contributed by atoms with Gasteiger partial charge in [0.05, 0.1) is 6.26 Å². The van der Waals surface area contributed by atoms with Crippen LogP contribution in [0, 0.1) is 20.8 Å². The first-order chi connectivity index (χ1) is 7.58. The van der Waals surface area contributed by atoms with Crippen molar-refractivity contribution in [3.8, 4) is 0 Å². The molecule has 16 heavy (non-hydrogen) atoms. The van der Waals surface area contributed by atoms with Gasteiger partial charge in [-0.3, -0.25) is 0 Å².